The number of halogens is 2. The van der Waals surface area contributed by atoms with Crippen LogP contribution in [0.1, 0.15) is 23.2 Å². The first kappa shape index (κ1) is 20.7. The second kappa shape index (κ2) is 8.42. The number of amides is 2. The summed E-state index contributed by atoms with van der Waals surface area (Å²) in [5, 5.41) is 2.71. The van der Waals surface area contributed by atoms with Crippen LogP contribution in [0.25, 0.3) is 0 Å². The molecule has 1 saturated carbocycles. The number of hydrogen-bond donors (Lipinski definition) is 1. The molecule has 0 spiro atoms. The van der Waals surface area contributed by atoms with Crippen LogP contribution in [0.2, 0.25) is 0 Å². The van der Waals surface area contributed by atoms with Crippen LogP contribution in [0, 0.1) is 0 Å². The minimum Gasteiger partial charge on any atom is -0.452 e. The molecule has 1 aliphatic carbocycles. The summed E-state index contributed by atoms with van der Waals surface area (Å²) in [5.74, 6) is -5.41. The number of nitrogens with zero attached hydrogens (tertiary/aromatic N) is 1. The predicted molar refractivity (Wildman–Crippen MR) is 88.7 cm³/mol. The summed E-state index contributed by atoms with van der Waals surface area (Å²) in [6, 6.07) is 3.89. The summed E-state index contributed by atoms with van der Waals surface area (Å²) in [6.45, 7) is -0.795. The quantitative estimate of drug-likeness (QED) is 0.635. The van der Waals surface area contributed by atoms with Gasteiger partial charge in [0, 0.05) is 13.1 Å². The molecule has 8 nitrogen and oxygen atoms in total. The van der Waals surface area contributed by atoms with Crippen LogP contribution in [-0.2, 0) is 24.2 Å². The van der Waals surface area contributed by atoms with Gasteiger partial charge in [0.1, 0.15) is 0 Å². The van der Waals surface area contributed by atoms with Crippen molar-refractivity contribution in [3.05, 3.63) is 29.8 Å². The summed E-state index contributed by atoms with van der Waals surface area (Å²) in [7, 11) is -3.37. The van der Waals surface area contributed by atoms with Gasteiger partial charge in [-0.25, -0.2) is 13.2 Å². The molecule has 11 heteroatoms. The lowest BCUT2D eigenvalue weighted by Crippen LogP contribution is -2.40. The number of ether oxygens (including phenoxy) is 1. The van der Waals surface area contributed by atoms with E-state index >= 15 is 0 Å². The summed E-state index contributed by atoms with van der Waals surface area (Å²) in [4.78, 5) is 35.8. The predicted octanol–water partition coefficient (Wildman–Crippen LogP) is 0.577. The molecule has 0 radical (unpaired) electrons. The smallest absolute Gasteiger partial charge is 0.341 e. The molecule has 0 heterocycles. The van der Waals surface area contributed by atoms with Crippen molar-refractivity contribution in [2.75, 3.05) is 20.2 Å². The van der Waals surface area contributed by atoms with Crippen molar-refractivity contribution >= 4 is 27.6 Å². The van der Waals surface area contributed by atoms with Crippen LogP contribution in [-0.4, -0.2) is 63.1 Å². The molecule has 1 aromatic carbocycles. The maximum absolute atomic E-state index is 12.5. The van der Waals surface area contributed by atoms with Gasteiger partial charge in [0.15, 0.2) is 6.61 Å². The third-order valence-electron chi connectivity index (χ3n) is 3.73. The largest absolute Gasteiger partial charge is 0.452 e. The van der Waals surface area contributed by atoms with E-state index in [0.717, 1.165) is 42.0 Å². The van der Waals surface area contributed by atoms with E-state index in [2.05, 4.69) is 5.32 Å². The number of alkyl halides is 2. The van der Waals surface area contributed by atoms with Crippen molar-refractivity contribution in [3.8, 4) is 0 Å². The Kier molecular flexibility index (Phi) is 6.47. The van der Waals surface area contributed by atoms with Gasteiger partial charge in [0.25, 0.3) is 5.91 Å². The molecule has 0 aliphatic heterocycles. The monoisotopic (exact) mass is 404 g/mol. The maximum atomic E-state index is 12.5. The molecule has 27 heavy (non-hydrogen) atoms. The lowest BCUT2D eigenvalue weighted by atomic mass is 10.2. The van der Waals surface area contributed by atoms with Crippen LogP contribution < -0.4 is 5.32 Å². The van der Waals surface area contributed by atoms with Crippen molar-refractivity contribution < 1.29 is 36.3 Å². The standard InChI is InChI=1S/C16H18F2N2O6S/c1-20(8-13(21)19-11-4-5-11)14(22)9-26-15(23)10-2-6-12(7-3-10)27(24,25)16(17)18/h2-3,6-7,11,16H,4-5,8-9H2,1H3,(H,19,21). The molecule has 0 saturated heterocycles. The number of carbonyl (C=O) groups excluding carboxylic acids is 3. The van der Waals surface area contributed by atoms with E-state index < -0.39 is 39.0 Å². The minimum atomic E-state index is -4.76. The van der Waals surface area contributed by atoms with Crippen LogP contribution >= 0.6 is 0 Å². The second-order valence-electron chi connectivity index (χ2n) is 6.00. The van der Waals surface area contributed by atoms with E-state index in [1.165, 1.54) is 7.05 Å². The molecule has 0 unspecified atom stereocenters. The lowest BCUT2D eigenvalue weighted by molar-refractivity contribution is -0.137. The highest BCUT2D eigenvalue weighted by atomic mass is 32.2. The Morgan fingerprint density at radius 3 is 2.33 bits per heavy atom. The van der Waals surface area contributed by atoms with Gasteiger partial charge in [-0.1, -0.05) is 0 Å². The van der Waals surface area contributed by atoms with E-state index in [9.17, 15) is 31.6 Å². The number of likely N-dealkylation sites (N-methyl/N-ethyl adjacent to an activating group) is 1. The van der Waals surface area contributed by atoms with Crippen LogP contribution in [0.4, 0.5) is 8.78 Å². The summed E-state index contributed by atoms with van der Waals surface area (Å²) >= 11 is 0. The molecule has 0 bridgehead atoms. The molecule has 1 aliphatic rings. The summed E-state index contributed by atoms with van der Waals surface area (Å²) < 4.78 is 52.3. The van der Waals surface area contributed by atoms with E-state index in [0.29, 0.717) is 0 Å². The topological polar surface area (TPSA) is 110 Å². The molecule has 148 valence electrons. The highest BCUT2D eigenvalue weighted by Crippen LogP contribution is 2.19. The second-order valence-corrected chi connectivity index (χ2v) is 7.92. The van der Waals surface area contributed by atoms with Gasteiger partial charge >= 0.3 is 11.7 Å². The minimum absolute atomic E-state index is 0.106. The number of sulfone groups is 1. The molecule has 0 aromatic heterocycles. The normalized spacial score (nSPS) is 13.9. The van der Waals surface area contributed by atoms with Crippen molar-refractivity contribution in [2.45, 2.75) is 29.5 Å². The van der Waals surface area contributed by atoms with Crippen molar-refractivity contribution in [1.29, 1.82) is 0 Å². The number of esters is 1. The molecule has 1 fully saturated rings. The molecule has 1 aromatic rings. The number of benzene rings is 1. The average molecular weight is 404 g/mol. The Hall–Kier alpha value is -2.56. The zero-order valence-electron chi connectivity index (χ0n) is 14.4. The highest BCUT2D eigenvalue weighted by molar-refractivity contribution is 7.91. The Balaban J connectivity index is 1.85. The van der Waals surface area contributed by atoms with Gasteiger partial charge in [0.05, 0.1) is 17.0 Å². The molecule has 2 amide bonds. The highest BCUT2D eigenvalue weighted by Gasteiger charge is 2.27. The Bertz CT molecular complexity index is 822. The summed E-state index contributed by atoms with van der Waals surface area (Å²) in [6.07, 6.45) is 1.83. The average Bonchev–Trinajstić information content (AvgIpc) is 3.42. The third-order valence-corrected chi connectivity index (χ3v) is 5.13. The van der Waals surface area contributed by atoms with E-state index in [1.54, 1.807) is 0 Å². The number of rotatable bonds is 8. The van der Waals surface area contributed by atoms with Crippen LogP contribution in [0.15, 0.2) is 29.2 Å². The van der Waals surface area contributed by atoms with Gasteiger partial charge in [-0.05, 0) is 37.1 Å². The number of nitrogens with one attached hydrogen (secondary N) is 1. The van der Waals surface area contributed by atoms with E-state index in [1.807, 2.05) is 0 Å². The molecule has 2 rings (SSSR count). The van der Waals surface area contributed by atoms with Crippen LogP contribution in [0.3, 0.4) is 0 Å². The fourth-order valence-corrected chi connectivity index (χ4v) is 2.73. The third kappa shape index (κ3) is 5.71. The maximum Gasteiger partial charge on any atom is 0.341 e. The van der Waals surface area contributed by atoms with Gasteiger partial charge < -0.3 is 15.0 Å². The van der Waals surface area contributed by atoms with Gasteiger partial charge in [0.2, 0.25) is 15.7 Å². The van der Waals surface area contributed by atoms with Crippen molar-refractivity contribution in [3.63, 3.8) is 0 Å². The van der Waals surface area contributed by atoms with Crippen LogP contribution in [0.5, 0.6) is 0 Å². The van der Waals surface area contributed by atoms with Crippen molar-refractivity contribution in [2.24, 2.45) is 0 Å². The van der Waals surface area contributed by atoms with Gasteiger partial charge in [-0.2, -0.15) is 8.78 Å². The van der Waals surface area contributed by atoms with E-state index in [-0.39, 0.29) is 24.1 Å². The first-order chi connectivity index (χ1) is 12.6. The Labute approximate surface area is 154 Å². The zero-order chi connectivity index (χ0) is 20.2. The molecular weight excluding hydrogens is 386 g/mol. The SMILES string of the molecule is CN(CC(=O)NC1CC1)C(=O)COC(=O)c1ccc(S(=O)(=O)C(F)F)cc1. The molecule has 0 atom stereocenters. The van der Waals surface area contributed by atoms with Crippen molar-refractivity contribution in [1.82, 2.24) is 10.2 Å². The summed E-state index contributed by atoms with van der Waals surface area (Å²) in [5.41, 5.74) is -0.106. The zero-order valence-corrected chi connectivity index (χ0v) is 15.2. The fraction of sp³-hybridized carbons (Fsp3) is 0.438. The number of hydrogen-bond acceptors (Lipinski definition) is 6. The Morgan fingerprint density at radius 2 is 1.81 bits per heavy atom. The first-order valence-corrected chi connectivity index (χ1v) is 9.48. The molecule has 1 N–H and O–H groups in total. The number of carbonyl (C=O) groups is 3. The first-order valence-electron chi connectivity index (χ1n) is 7.94. The fourth-order valence-electron chi connectivity index (χ4n) is 2.01. The van der Waals surface area contributed by atoms with Gasteiger partial charge in [-0.15, -0.1) is 0 Å². The molecular formula is C16H18F2N2O6S. The Morgan fingerprint density at radius 1 is 1.22 bits per heavy atom. The van der Waals surface area contributed by atoms with E-state index in [4.69, 9.17) is 4.74 Å². The van der Waals surface area contributed by atoms with Gasteiger partial charge in [-0.3, -0.25) is 9.59 Å². The lowest BCUT2D eigenvalue weighted by Gasteiger charge is -2.16.